The Kier molecular flexibility index (Phi) is 6.04. The molecule has 4 rings (SSSR count). The van der Waals surface area contributed by atoms with Gasteiger partial charge in [-0.2, -0.15) is 11.3 Å². The van der Waals surface area contributed by atoms with Gasteiger partial charge in [0.25, 0.3) is 0 Å². The van der Waals surface area contributed by atoms with E-state index in [1.165, 1.54) is 15.8 Å². The molecule has 4 nitrogen and oxygen atoms in total. The number of thiazole rings is 1. The Bertz CT molecular complexity index is 1050. The molecule has 6 heteroatoms. The number of para-hydroxylation sites is 1. The highest BCUT2D eigenvalue weighted by Gasteiger charge is 2.18. The molecular formula is C23H23N3OS2. The highest BCUT2D eigenvalue weighted by atomic mass is 32.1. The number of fused-ring (bicyclic) bond motifs is 1. The molecule has 0 radical (unpaired) electrons. The molecule has 0 bridgehead atoms. The van der Waals surface area contributed by atoms with Crippen molar-refractivity contribution in [1.82, 2.24) is 9.88 Å². The van der Waals surface area contributed by atoms with Gasteiger partial charge in [-0.25, -0.2) is 4.98 Å². The molecule has 0 aliphatic heterocycles. The highest BCUT2D eigenvalue weighted by molar-refractivity contribution is 7.18. The van der Waals surface area contributed by atoms with Crippen LogP contribution in [0.15, 0.2) is 65.4 Å². The van der Waals surface area contributed by atoms with Crippen LogP contribution in [0.3, 0.4) is 0 Å². The number of nitrogens with zero attached hydrogens (tertiary/aromatic N) is 2. The molecule has 0 fully saturated rings. The first-order valence-electron chi connectivity index (χ1n) is 9.54. The van der Waals surface area contributed by atoms with Crippen LogP contribution in [0.25, 0.3) is 10.2 Å². The molecule has 1 N–H and O–H groups in total. The molecule has 1 amide bonds. The summed E-state index contributed by atoms with van der Waals surface area (Å²) in [5.74, 6) is 0.00153. The fourth-order valence-corrected chi connectivity index (χ4v) is 4.79. The van der Waals surface area contributed by atoms with E-state index in [1.807, 2.05) is 44.3 Å². The number of amides is 1. The highest BCUT2D eigenvalue weighted by Crippen LogP contribution is 2.24. The maximum Gasteiger partial charge on any atom is 0.241 e. The maximum absolute atomic E-state index is 12.6. The van der Waals surface area contributed by atoms with Crippen LogP contribution in [0.1, 0.15) is 23.1 Å². The van der Waals surface area contributed by atoms with E-state index in [2.05, 4.69) is 45.2 Å². The quantitative estimate of drug-likeness (QED) is 0.434. The Labute approximate surface area is 178 Å². The topological polar surface area (TPSA) is 45.2 Å². The molecule has 148 valence electrons. The Morgan fingerprint density at radius 1 is 1.10 bits per heavy atom. The Morgan fingerprint density at radius 2 is 1.90 bits per heavy atom. The van der Waals surface area contributed by atoms with Crippen LogP contribution in [0.4, 0.5) is 5.69 Å². The smallest absolute Gasteiger partial charge is 0.241 e. The van der Waals surface area contributed by atoms with E-state index < -0.39 is 0 Å². The second kappa shape index (κ2) is 8.86. The summed E-state index contributed by atoms with van der Waals surface area (Å²) in [4.78, 5) is 19.3. The van der Waals surface area contributed by atoms with Crippen molar-refractivity contribution in [3.05, 3.63) is 81.5 Å². The molecule has 0 saturated heterocycles. The van der Waals surface area contributed by atoms with E-state index in [-0.39, 0.29) is 11.9 Å². The van der Waals surface area contributed by atoms with Crippen molar-refractivity contribution in [2.45, 2.75) is 25.9 Å². The summed E-state index contributed by atoms with van der Waals surface area (Å²) >= 11 is 3.41. The van der Waals surface area contributed by atoms with Gasteiger partial charge in [-0.15, -0.1) is 11.3 Å². The first-order valence-corrected chi connectivity index (χ1v) is 11.3. The first kappa shape index (κ1) is 19.8. The second-order valence-corrected chi connectivity index (χ2v) is 9.06. The molecule has 0 aliphatic rings. The molecule has 4 aromatic rings. The van der Waals surface area contributed by atoms with Crippen LogP contribution in [0.5, 0.6) is 0 Å². The van der Waals surface area contributed by atoms with Gasteiger partial charge >= 0.3 is 0 Å². The minimum atomic E-state index is -0.211. The number of thiophene rings is 1. The van der Waals surface area contributed by atoms with E-state index in [0.29, 0.717) is 0 Å². The largest absolute Gasteiger partial charge is 0.325 e. The molecule has 2 aromatic heterocycles. The van der Waals surface area contributed by atoms with E-state index in [0.717, 1.165) is 29.2 Å². The lowest BCUT2D eigenvalue weighted by Crippen LogP contribution is -2.39. The van der Waals surface area contributed by atoms with Gasteiger partial charge in [0, 0.05) is 18.7 Å². The number of hydrogen-bond donors (Lipinski definition) is 1. The fraction of sp³-hybridized carbons (Fsp3) is 0.217. The molecule has 0 spiro atoms. The van der Waals surface area contributed by atoms with Crippen molar-refractivity contribution < 1.29 is 4.79 Å². The zero-order valence-corrected chi connectivity index (χ0v) is 18.1. The SMILES string of the molecule is C[C@H](C(=O)Nc1ccc(Cc2nc3ccccc3s2)cc1)N(C)Cc1ccsc1. The predicted molar refractivity (Wildman–Crippen MR) is 123 cm³/mol. The number of rotatable bonds is 7. The second-order valence-electron chi connectivity index (χ2n) is 7.16. The number of likely N-dealkylation sites (N-methyl/N-ethyl adjacent to an activating group) is 1. The third-order valence-electron chi connectivity index (χ3n) is 4.97. The van der Waals surface area contributed by atoms with Crippen LogP contribution < -0.4 is 5.32 Å². The summed E-state index contributed by atoms with van der Waals surface area (Å²) in [6, 6.07) is 18.1. The van der Waals surface area contributed by atoms with Crippen LogP contribution in [-0.4, -0.2) is 28.9 Å². The van der Waals surface area contributed by atoms with Gasteiger partial charge in [-0.3, -0.25) is 9.69 Å². The van der Waals surface area contributed by atoms with Crippen LogP contribution in [-0.2, 0) is 17.8 Å². The lowest BCUT2D eigenvalue weighted by molar-refractivity contribution is -0.120. The summed E-state index contributed by atoms with van der Waals surface area (Å²) in [6.45, 7) is 2.70. The van der Waals surface area contributed by atoms with Crippen molar-refractivity contribution in [2.75, 3.05) is 12.4 Å². The average molecular weight is 422 g/mol. The van der Waals surface area contributed by atoms with Gasteiger partial charge < -0.3 is 5.32 Å². The molecule has 1 atom stereocenters. The number of aromatic nitrogens is 1. The zero-order valence-electron chi connectivity index (χ0n) is 16.5. The third kappa shape index (κ3) is 4.90. The number of carbonyl (C=O) groups excluding carboxylic acids is 1. The number of benzene rings is 2. The van der Waals surface area contributed by atoms with Gasteiger partial charge in [-0.05, 0) is 66.2 Å². The lowest BCUT2D eigenvalue weighted by Gasteiger charge is -2.23. The van der Waals surface area contributed by atoms with Gasteiger partial charge in [-0.1, -0.05) is 24.3 Å². The molecule has 29 heavy (non-hydrogen) atoms. The van der Waals surface area contributed by atoms with E-state index in [1.54, 1.807) is 22.7 Å². The summed E-state index contributed by atoms with van der Waals surface area (Å²) in [7, 11) is 1.98. The molecule has 2 aromatic carbocycles. The van der Waals surface area contributed by atoms with Gasteiger partial charge in [0.2, 0.25) is 5.91 Å². The Hall–Kier alpha value is -2.54. The van der Waals surface area contributed by atoms with Crippen molar-refractivity contribution in [3.8, 4) is 0 Å². The van der Waals surface area contributed by atoms with Crippen molar-refractivity contribution in [1.29, 1.82) is 0 Å². The fourth-order valence-electron chi connectivity index (χ4n) is 3.13. The molecule has 2 heterocycles. The molecule has 0 saturated carbocycles. The van der Waals surface area contributed by atoms with Crippen LogP contribution in [0.2, 0.25) is 0 Å². The maximum atomic E-state index is 12.6. The van der Waals surface area contributed by atoms with E-state index in [4.69, 9.17) is 4.98 Å². The Balaban J connectivity index is 1.35. The average Bonchev–Trinajstić information content (AvgIpc) is 3.37. The van der Waals surface area contributed by atoms with E-state index in [9.17, 15) is 4.79 Å². The number of nitrogens with one attached hydrogen (secondary N) is 1. The van der Waals surface area contributed by atoms with E-state index >= 15 is 0 Å². The molecule has 0 aliphatic carbocycles. The molecule has 0 unspecified atom stereocenters. The van der Waals surface area contributed by atoms with Crippen molar-refractivity contribution in [3.63, 3.8) is 0 Å². The number of anilines is 1. The Morgan fingerprint density at radius 3 is 2.62 bits per heavy atom. The summed E-state index contributed by atoms with van der Waals surface area (Å²) < 4.78 is 1.21. The van der Waals surface area contributed by atoms with Gasteiger partial charge in [0.15, 0.2) is 0 Å². The predicted octanol–water partition coefficient (Wildman–Crippen LogP) is 5.41. The van der Waals surface area contributed by atoms with Gasteiger partial charge in [0.05, 0.1) is 21.3 Å². The standard InChI is InChI=1S/C23H23N3OS2/c1-16(26(2)14-18-11-12-28-15-18)23(27)24-19-9-7-17(8-10-19)13-22-25-20-5-3-4-6-21(20)29-22/h3-12,15-16H,13-14H2,1-2H3,(H,24,27)/t16-/m1/s1. The summed E-state index contributed by atoms with van der Waals surface area (Å²) in [6.07, 6.45) is 0.799. The first-order chi connectivity index (χ1) is 14.1. The van der Waals surface area contributed by atoms with Crippen LogP contribution in [0, 0.1) is 0 Å². The third-order valence-corrected chi connectivity index (χ3v) is 6.74. The summed E-state index contributed by atoms with van der Waals surface area (Å²) in [5, 5.41) is 8.30. The molecular weight excluding hydrogens is 398 g/mol. The number of hydrogen-bond acceptors (Lipinski definition) is 5. The van der Waals surface area contributed by atoms with Crippen molar-refractivity contribution in [2.24, 2.45) is 0 Å². The van der Waals surface area contributed by atoms with Gasteiger partial charge in [0.1, 0.15) is 0 Å². The number of carbonyl (C=O) groups is 1. The van der Waals surface area contributed by atoms with Crippen LogP contribution >= 0.6 is 22.7 Å². The zero-order chi connectivity index (χ0) is 20.2. The minimum Gasteiger partial charge on any atom is -0.325 e. The summed E-state index contributed by atoms with van der Waals surface area (Å²) in [5.41, 5.74) is 4.29. The van der Waals surface area contributed by atoms with Crippen molar-refractivity contribution >= 4 is 44.5 Å². The lowest BCUT2D eigenvalue weighted by atomic mass is 10.1. The minimum absolute atomic E-state index is 0.00153. The monoisotopic (exact) mass is 421 g/mol. The normalized spacial score (nSPS) is 12.4.